The molecule has 0 fully saturated rings. The molecule has 0 spiro atoms. The number of nitrogens with one attached hydrogen (secondary N) is 2. The number of hydrogen-bond donors (Lipinski definition) is 3. The zero-order chi connectivity index (χ0) is 12.3. The van der Waals surface area contributed by atoms with E-state index < -0.39 is 0 Å². The maximum Gasteiger partial charge on any atom is 0.0457 e. The molecule has 0 radical (unpaired) electrons. The third-order valence-corrected chi connectivity index (χ3v) is 3.48. The summed E-state index contributed by atoms with van der Waals surface area (Å²) in [5.74, 6) is 0.471. The topological polar surface area (TPSA) is 53.8 Å². The molecule has 0 bridgehead atoms. The minimum Gasteiger partial charge on any atom is -0.361 e. The summed E-state index contributed by atoms with van der Waals surface area (Å²) in [6.45, 7) is 3.15. The third-order valence-electron chi connectivity index (χ3n) is 3.48. The lowest BCUT2D eigenvalue weighted by Gasteiger charge is -2.22. The van der Waals surface area contributed by atoms with Crippen molar-refractivity contribution in [1.82, 2.24) is 10.3 Å². The van der Waals surface area contributed by atoms with Gasteiger partial charge in [0.2, 0.25) is 0 Å². The molecule has 2 unspecified atom stereocenters. The number of fused-ring (bicyclic) bond motifs is 1. The zero-order valence-electron chi connectivity index (χ0n) is 10.5. The van der Waals surface area contributed by atoms with Crippen LogP contribution in [0.25, 0.3) is 10.9 Å². The summed E-state index contributed by atoms with van der Waals surface area (Å²) in [5, 5.41) is 4.46. The summed E-state index contributed by atoms with van der Waals surface area (Å²) in [5.41, 5.74) is 8.78. The Labute approximate surface area is 102 Å². The van der Waals surface area contributed by atoms with Crippen molar-refractivity contribution in [2.75, 3.05) is 13.6 Å². The summed E-state index contributed by atoms with van der Waals surface area (Å²) >= 11 is 0. The van der Waals surface area contributed by atoms with Crippen LogP contribution in [0.15, 0.2) is 30.5 Å². The second-order valence-corrected chi connectivity index (χ2v) is 4.54. The molecule has 92 valence electrons. The Morgan fingerprint density at radius 2 is 2.12 bits per heavy atom. The fourth-order valence-corrected chi connectivity index (χ4v) is 2.41. The zero-order valence-corrected chi connectivity index (χ0v) is 10.5. The van der Waals surface area contributed by atoms with Gasteiger partial charge in [-0.1, -0.05) is 31.5 Å². The first-order valence-electron chi connectivity index (χ1n) is 6.24. The van der Waals surface area contributed by atoms with Crippen molar-refractivity contribution in [3.8, 4) is 0 Å². The minimum absolute atomic E-state index is 0.0867. The van der Waals surface area contributed by atoms with Gasteiger partial charge >= 0.3 is 0 Å². The number of hydrogen-bond acceptors (Lipinski definition) is 2. The number of aromatic nitrogens is 1. The summed E-state index contributed by atoms with van der Waals surface area (Å²) in [7, 11) is 1.98. The van der Waals surface area contributed by atoms with Gasteiger partial charge in [0.25, 0.3) is 0 Å². The molecule has 0 aliphatic rings. The molecule has 17 heavy (non-hydrogen) atoms. The van der Waals surface area contributed by atoms with Crippen LogP contribution in [0.1, 0.15) is 24.9 Å². The van der Waals surface area contributed by atoms with Gasteiger partial charge < -0.3 is 16.0 Å². The van der Waals surface area contributed by atoms with Crippen LogP contribution < -0.4 is 11.1 Å². The molecule has 3 nitrogen and oxygen atoms in total. The molecule has 1 heterocycles. The van der Waals surface area contributed by atoms with E-state index in [4.69, 9.17) is 5.73 Å². The molecule has 0 saturated heterocycles. The molecule has 4 N–H and O–H groups in total. The highest BCUT2D eigenvalue weighted by Crippen LogP contribution is 2.28. The highest BCUT2D eigenvalue weighted by Gasteiger charge is 2.19. The van der Waals surface area contributed by atoms with Crippen molar-refractivity contribution in [3.63, 3.8) is 0 Å². The van der Waals surface area contributed by atoms with Gasteiger partial charge in [0, 0.05) is 23.1 Å². The molecule has 0 aliphatic heterocycles. The van der Waals surface area contributed by atoms with Crippen LogP contribution in [0.5, 0.6) is 0 Å². The van der Waals surface area contributed by atoms with Crippen LogP contribution >= 0.6 is 0 Å². The van der Waals surface area contributed by atoms with Crippen LogP contribution in [-0.4, -0.2) is 18.6 Å². The van der Waals surface area contributed by atoms with Gasteiger partial charge in [0.05, 0.1) is 0 Å². The number of H-pyrrole nitrogens is 1. The van der Waals surface area contributed by atoms with E-state index in [1.165, 1.54) is 10.9 Å². The molecule has 0 amide bonds. The molecule has 1 aromatic heterocycles. The third kappa shape index (κ3) is 2.35. The summed E-state index contributed by atoms with van der Waals surface area (Å²) in [6.07, 6.45) is 3.13. The first-order chi connectivity index (χ1) is 8.27. The van der Waals surface area contributed by atoms with Crippen LogP contribution in [0.2, 0.25) is 0 Å². The fraction of sp³-hybridized carbons (Fsp3) is 0.429. The van der Waals surface area contributed by atoms with Gasteiger partial charge in [-0.2, -0.15) is 0 Å². The Kier molecular flexibility index (Phi) is 3.82. The molecule has 0 saturated carbocycles. The second-order valence-electron chi connectivity index (χ2n) is 4.54. The Hall–Kier alpha value is -1.32. The second kappa shape index (κ2) is 5.34. The van der Waals surface area contributed by atoms with E-state index in [1.54, 1.807) is 0 Å². The van der Waals surface area contributed by atoms with Gasteiger partial charge in [-0.05, 0) is 31.1 Å². The molecule has 1 aromatic carbocycles. The minimum atomic E-state index is 0.0867. The van der Waals surface area contributed by atoms with Crippen molar-refractivity contribution >= 4 is 10.9 Å². The summed E-state index contributed by atoms with van der Waals surface area (Å²) in [6, 6.07) is 8.41. The Bertz CT molecular complexity index is 475. The first kappa shape index (κ1) is 12.1. The van der Waals surface area contributed by atoms with E-state index in [2.05, 4.69) is 35.4 Å². The lowest BCUT2D eigenvalue weighted by atomic mass is 9.91. The Morgan fingerprint density at radius 1 is 1.35 bits per heavy atom. The van der Waals surface area contributed by atoms with Crippen molar-refractivity contribution in [1.29, 1.82) is 0 Å². The average molecular weight is 231 g/mol. The van der Waals surface area contributed by atoms with Crippen molar-refractivity contribution in [3.05, 3.63) is 36.0 Å². The predicted molar refractivity (Wildman–Crippen MR) is 72.9 cm³/mol. The number of benzene rings is 1. The lowest BCUT2D eigenvalue weighted by Crippen LogP contribution is -2.29. The Morgan fingerprint density at radius 3 is 2.82 bits per heavy atom. The molecular formula is C14H21N3. The highest BCUT2D eigenvalue weighted by atomic mass is 14.8. The van der Waals surface area contributed by atoms with Crippen LogP contribution in [0, 0.1) is 5.92 Å². The number of nitrogens with two attached hydrogens (primary N) is 1. The van der Waals surface area contributed by atoms with Crippen LogP contribution in [0.4, 0.5) is 0 Å². The largest absolute Gasteiger partial charge is 0.361 e. The van der Waals surface area contributed by atoms with Gasteiger partial charge in [0.1, 0.15) is 0 Å². The van der Waals surface area contributed by atoms with E-state index in [-0.39, 0.29) is 6.04 Å². The number of aromatic amines is 1. The van der Waals surface area contributed by atoms with Crippen molar-refractivity contribution in [2.45, 2.75) is 19.4 Å². The standard InChI is InChI=1S/C14H21N3/c1-3-10(8-16-2)14(15)12-9-17-13-7-5-4-6-11(12)13/h4-7,9-10,14,16-17H,3,8,15H2,1-2H3. The van der Waals surface area contributed by atoms with E-state index in [0.29, 0.717) is 5.92 Å². The highest BCUT2D eigenvalue weighted by molar-refractivity contribution is 5.83. The van der Waals surface area contributed by atoms with Crippen LogP contribution in [-0.2, 0) is 0 Å². The molecule has 3 heteroatoms. The molecule has 2 rings (SSSR count). The maximum absolute atomic E-state index is 6.39. The van der Waals surface area contributed by atoms with Gasteiger partial charge in [-0.3, -0.25) is 0 Å². The van der Waals surface area contributed by atoms with Gasteiger partial charge in [-0.15, -0.1) is 0 Å². The Balaban J connectivity index is 2.32. The van der Waals surface area contributed by atoms with Crippen molar-refractivity contribution in [2.24, 2.45) is 11.7 Å². The van der Waals surface area contributed by atoms with Crippen LogP contribution in [0.3, 0.4) is 0 Å². The fourth-order valence-electron chi connectivity index (χ4n) is 2.41. The quantitative estimate of drug-likeness (QED) is 0.740. The number of para-hydroxylation sites is 1. The monoisotopic (exact) mass is 231 g/mol. The van der Waals surface area contributed by atoms with E-state index in [0.717, 1.165) is 18.5 Å². The normalized spacial score (nSPS) is 15.0. The van der Waals surface area contributed by atoms with Gasteiger partial charge in [-0.25, -0.2) is 0 Å². The van der Waals surface area contributed by atoms with Crippen molar-refractivity contribution < 1.29 is 0 Å². The van der Waals surface area contributed by atoms with E-state index in [9.17, 15) is 0 Å². The van der Waals surface area contributed by atoms with Gasteiger partial charge in [0.15, 0.2) is 0 Å². The summed E-state index contributed by atoms with van der Waals surface area (Å²) in [4.78, 5) is 3.29. The smallest absolute Gasteiger partial charge is 0.0457 e. The maximum atomic E-state index is 6.39. The predicted octanol–water partition coefficient (Wildman–Crippen LogP) is 2.41. The van der Waals surface area contributed by atoms with E-state index >= 15 is 0 Å². The lowest BCUT2D eigenvalue weighted by molar-refractivity contribution is 0.405. The molecule has 0 aliphatic carbocycles. The number of rotatable bonds is 5. The summed E-state index contributed by atoms with van der Waals surface area (Å²) < 4.78 is 0. The molecule has 2 atom stereocenters. The molecule has 2 aromatic rings. The molecular weight excluding hydrogens is 210 g/mol. The van der Waals surface area contributed by atoms with E-state index in [1.807, 2.05) is 19.3 Å². The average Bonchev–Trinajstić information content (AvgIpc) is 2.79. The SMILES string of the molecule is CCC(CNC)C(N)c1c[nH]c2ccccc12. The first-order valence-corrected chi connectivity index (χ1v) is 6.24.